The highest BCUT2D eigenvalue weighted by atomic mass is 16.6. The molecule has 0 saturated heterocycles. The first kappa shape index (κ1) is 14.6. The Balaban J connectivity index is 2.65. The number of hydrogen-bond acceptors (Lipinski definition) is 7. The normalized spacial score (nSPS) is 10.2. The number of nitrogens with one attached hydrogen (secondary N) is 1. The number of anilines is 1. The predicted molar refractivity (Wildman–Crippen MR) is 77.4 cm³/mol. The van der Waals surface area contributed by atoms with E-state index in [4.69, 9.17) is 4.74 Å². The highest BCUT2D eigenvalue weighted by molar-refractivity contribution is 5.72. The molecule has 0 aliphatic heterocycles. The molecular weight excluding hydrogens is 274 g/mol. The molecule has 2 aromatic heterocycles. The van der Waals surface area contributed by atoms with Crippen molar-refractivity contribution in [2.75, 3.05) is 19.0 Å². The second-order valence-corrected chi connectivity index (χ2v) is 4.23. The summed E-state index contributed by atoms with van der Waals surface area (Å²) in [7, 11) is 1.50. The van der Waals surface area contributed by atoms with Crippen molar-refractivity contribution < 1.29 is 9.66 Å². The molecule has 8 nitrogen and oxygen atoms in total. The second-order valence-electron chi connectivity index (χ2n) is 4.23. The number of methoxy groups -OCH3 is 1. The van der Waals surface area contributed by atoms with Gasteiger partial charge in [0.05, 0.1) is 18.2 Å². The van der Waals surface area contributed by atoms with E-state index in [1.54, 1.807) is 13.0 Å². The zero-order valence-electron chi connectivity index (χ0n) is 12.0. The van der Waals surface area contributed by atoms with Gasteiger partial charge in [-0.05, 0) is 19.9 Å². The van der Waals surface area contributed by atoms with Gasteiger partial charge in [0.2, 0.25) is 5.95 Å². The lowest BCUT2D eigenvalue weighted by Gasteiger charge is -2.09. The van der Waals surface area contributed by atoms with Crippen molar-refractivity contribution in [3.8, 4) is 17.0 Å². The molecule has 1 N–H and O–H groups in total. The van der Waals surface area contributed by atoms with Crippen LogP contribution in [0.3, 0.4) is 0 Å². The minimum Gasteiger partial charge on any atom is -0.495 e. The number of nitrogens with zero attached hydrogens (tertiary/aromatic N) is 4. The minimum atomic E-state index is -0.486. The van der Waals surface area contributed by atoms with Crippen molar-refractivity contribution in [2.45, 2.75) is 13.8 Å². The third-order valence-electron chi connectivity index (χ3n) is 2.80. The first-order valence-corrected chi connectivity index (χ1v) is 6.33. The van der Waals surface area contributed by atoms with E-state index in [1.165, 1.54) is 19.5 Å². The quantitative estimate of drug-likeness (QED) is 0.664. The van der Waals surface area contributed by atoms with Crippen LogP contribution >= 0.6 is 0 Å². The standard InChI is InChI=1S/C13H15N5O3/c1-4-15-13-16-8(2)12(18(19)20)11(17-13)9-5-10(21-3)7-14-6-9/h5-7H,4H2,1-3H3,(H,15,16,17). The summed E-state index contributed by atoms with van der Waals surface area (Å²) in [6.07, 6.45) is 3.03. The van der Waals surface area contributed by atoms with E-state index in [1.807, 2.05) is 6.92 Å². The van der Waals surface area contributed by atoms with Crippen molar-refractivity contribution in [3.63, 3.8) is 0 Å². The number of nitro groups is 1. The highest BCUT2D eigenvalue weighted by Gasteiger charge is 2.23. The molecular formula is C13H15N5O3. The second kappa shape index (κ2) is 6.12. The first-order chi connectivity index (χ1) is 10.1. The molecule has 2 heterocycles. The molecule has 21 heavy (non-hydrogen) atoms. The monoisotopic (exact) mass is 289 g/mol. The molecule has 0 radical (unpaired) electrons. The lowest BCUT2D eigenvalue weighted by molar-refractivity contribution is -0.385. The molecule has 2 rings (SSSR count). The Morgan fingerprint density at radius 2 is 2.14 bits per heavy atom. The van der Waals surface area contributed by atoms with Crippen LogP contribution in [-0.2, 0) is 0 Å². The van der Waals surface area contributed by atoms with Crippen molar-refractivity contribution in [3.05, 3.63) is 34.3 Å². The summed E-state index contributed by atoms with van der Waals surface area (Å²) in [5.74, 6) is 0.849. The predicted octanol–water partition coefficient (Wildman–Crippen LogP) is 2.20. The average molecular weight is 289 g/mol. The van der Waals surface area contributed by atoms with Crippen LogP contribution < -0.4 is 10.1 Å². The fourth-order valence-electron chi connectivity index (χ4n) is 1.88. The van der Waals surface area contributed by atoms with Gasteiger partial charge in [-0.25, -0.2) is 9.97 Å². The van der Waals surface area contributed by atoms with Gasteiger partial charge in [-0.1, -0.05) is 0 Å². The van der Waals surface area contributed by atoms with Crippen LogP contribution in [-0.4, -0.2) is 33.5 Å². The van der Waals surface area contributed by atoms with Crippen LogP contribution in [0.25, 0.3) is 11.3 Å². The molecule has 8 heteroatoms. The molecule has 0 aromatic carbocycles. The SMILES string of the molecule is CCNc1nc(C)c([N+](=O)[O-])c(-c2cncc(OC)c2)n1. The Hall–Kier alpha value is -2.77. The molecule has 0 atom stereocenters. The van der Waals surface area contributed by atoms with Crippen LogP contribution in [0, 0.1) is 17.0 Å². The lowest BCUT2D eigenvalue weighted by Crippen LogP contribution is -2.07. The van der Waals surface area contributed by atoms with Crippen LogP contribution in [0.4, 0.5) is 11.6 Å². The smallest absolute Gasteiger partial charge is 0.316 e. The lowest BCUT2D eigenvalue weighted by atomic mass is 10.1. The van der Waals surface area contributed by atoms with Crippen molar-refractivity contribution in [1.82, 2.24) is 15.0 Å². The van der Waals surface area contributed by atoms with Gasteiger partial charge >= 0.3 is 5.69 Å². The number of pyridine rings is 1. The zero-order chi connectivity index (χ0) is 15.4. The van der Waals surface area contributed by atoms with Gasteiger partial charge in [0.15, 0.2) is 5.69 Å². The van der Waals surface area contributed by atoms with Crippen molar-refractivity contribution in [1.29, 1.82) is 0 Å². The summed E-state index contributed by atoms with van der Waals surface area (Å²) in [4.78, 5) is 23.1. The highest BCUT2D eigenvalue weighted by Crippen LogP contribution is 2.32. The summed E-state index contributed by atoms with van der Waals surface area (Å²) >= 11 is 0. The third-order valence-corrected chi connectivity index (χ3v) is 2.80. The maximum atomic E-state index is 11.3. The first-order valence-electron chi connectivity index (χ1n) is 6.33. The molecule has 0 amide bonds. The van der Waals surface area contributed by atoms with Crippen molar-refractivity contribution >= 4 is 11.6 Å². The summed E-state index contributed by atoms with van der Waals surface area (Å²) in [6.45, 7) is 4.09. The Bertz CT molecular complexity index is 675. The van der Waals surface area contributed by atoms with Gasteiger partial charge in [-0.3, -0.25) is 15.1 Å². The Morgan fingerprint density at radius 3 is 2.76 bits per heavy atom. The van der Waals surface area contributed by atoms with Gasteiger partial charge in [0.25, 0.3) is 0 Å². The number of hydrogen-bond donors (Lipinski definition) is 1. The van der Waals surface area contributed by atoms with Gasteiger partial charge in [-0.2, -0.15) is 0 Å². The van der Waals surface area contributed by atoms with Gasteiger partial charge < -0.3 is 10.1 Å². The molecule has 110 valence electrons. The molecule has 2 aromatic rings. The Morgan fingerprint density at radius 1 is 1.38 bits per heavy atom. The van der Waals surface area contributed by atoms with Gasteiger partial charge in [0, 0.05) is 18.3 Å². The molecule has 0 saturated carbocycles. The fourth-order valence-corrected chi connectivity index (χ4v) is 1.88. The van der Waals surface area contributed by atoms with Crippen LogP contribution in [0.15, 0.2) is 18.5 Å². The fraction of sp³-hybridized carbons (Fsp3) is 0.308. The van der Waals surface area contributed by atoms with Gasteiger partial charge in [-0.15, -0.1) is 0 Å². The zero-order valence-corrected chi connectivity index (χ0v) is 12.0. The number of aryl methyl sites for hydroxylation is 1. The summed E-state index contributed by atoms with van der Waals surface area (Å²) in [5, 5.41) is 14.2. The number of ether oxygens (including phenoxy) is 1. The van der Waals surface area contributed by atoms with Gasteiger partial charge in [0.1, 0.15) is 11.4 Å². The van der Waals surface area contributed by atoms with E-state index in [0.717, 1.165) is 0 Å². The van der Waals surface area contributed by atoms with E-state index in [9.17, 15) is 10.1 Å². The van der Waals surface area contributed by atoms with E-state index in [0.29, 0.717) is 29.5 Å². The minimum absolute atomic E-state index is 0.133. The Kier molecular flexibility index (Phi) is 4.27. The molecule has 0 aliphatic carbocycles. The maximum absolute atomic E-state index is 11.3. The largest absolute Gasteiger partial charge is 0.495 e. The molecule has 0 bridgehead atoms. The van der Waals surface area contributed by atoms with E-state index < -0.39 is 4.92 Å². The van der Waals surface area contributed by atoms with Crippen LogP contribution in [0.5, 0.6) is 5.75 Å². The molecule has 0 spiro atoms. The number of aromatic nitrogens is 3. The summed E-state index contributed by atoms with van der Waals surface area (Å²) in [5.41, 5.74) is 0.885. The van der Waals surface area contributed by atoms with Crippen molar-refractivity contribution in [2.24, 2.45) is 0 Å². The average Bonchev–Trinajstić information content (AvgIpc) is 2.46. The Labute approximate surface area is 121 Å². The van der Waals surface area contributed by atoms with Crippen LogP contribution in [0.1, 0.15) is 12.6 Å². The molecule has 0 aliphatic rings. The summed E-state index contributed by atoms with van der Waals surface area (Å²) < 4.78 is 5.09. The molecule has 0 unspecified atom stereocenters. The molecule has 0 fully saturated rings. The summed E-state index contributed by atoms with van der Waals surface area (Å²) in [6, 6.07) is 1.65. The third kappa shape index (κ3) is 3.04. The van der Waals surface area contributed by atoms with E-state index >= 15 is 0 Å². The number of rotatable bonds is 5. The maximum Gasteiger partial charge on any atom is 0.316 e. The van der Waals surface area contributed by atoms with Crippen LogP contribution in [0.2, 0.25) is 0 Å². The van der Waals surface area contributed by atoms with E-state index in [-0.39, 0.29) is 11.4 Å². The van der Waals surface area contributed by atoms with E-state index in [2.05, 4.69) is 20.3 Å². The topological polar surface area (TPSA) is 103 Å².